The Morgan fingerprint density at radius 1 is 1.24 bits per heavy atom. The topological polar surface area (TPSA) is 65.1 Å². The third-order valence-electron chi connectivity index (χ3n) is 3.86. The number of halogens is 2. The highest BCUT2D eigenvalue weighted by Crippen LogP contribution is 2.22. The standard InChI is InChI=1S/C18H10BrFN2O3/c19-13-7-11(20)6-12-17(13)21-9-22(18(12)24)8-14(23)16-5-10-3-1-2-4-15(10)25-16/h1-7,9H,8H2. The van der Waals surface area contributed by atoms with Gasteiger partial charge in [-0.25, -0.2) is 9.37 Å². The summed E-state index contributed by atoms with van der Waals surface area (Å²) in [4.78, 5) is 29.1. The van der Waals surface area contributed by atoms with E-state index in [-0.39, 0.29) is 23.5 Å². The molecule has 2 aromatic heterocycles. The molecule has 4 rings (SSSR count). The number of furan rings is 1. The number of nitrogens with zero attached hydrogens (tertiary/aromatic N) is 2. The first kappa shape index (κ1) is 15.7. The Hall–Kier alpha value is -2.80. The molecule has 0 fully saturated rings. The van der Waals surface area contributed by atoms with Crippen molar-refractivity contribution in [2.75, 3.05) is 0 Å². The van der Waals surface area contributed by atoms with Gasteiger partial charge in [0.1, 0.15) is 11.4 Å². The van der Waals surface area contributed by atoms with E-state index in [1.165, 1.54) is 12.4 Å². The van der Waals surface area contributed by atoms with Gasteiger partial charge in [0.25, 0.3) is 5.56 Å². The van der Waals surface area contributed by atoms with Crippen LogP contribution in [-0.4, -0.2) is 15.3 Å². The number of rotatable bonds is 3. The molecule has 0 unspecified atom stereocenters. The number of aromatic nitrogens is 2. The van der Waals surface area contributed by atoms with Crippen molar-refractivity contribution in [2.45, 2.75) is 6.54 Å². The van der Waals surface area contributed by atoms with Crippen molar-refractivity contribution < 1.29 is 13.6 Å². The van der Waals surface area contributed by atoms with Crippen LogP contribution in [0.15, 0.2) is 62.5 Å². The van der Waals surface area contributed by atoms with Gasteiger partial charge in [-0.3, -0.25) is 14.2 Å². The Balaban J connectivity index is 1.74. The lowest BCUT2D eigenvalue weighted by atomic mass is 10.2. The molecular formula is C18H10BrFN2O3. The second kappa shape index (κ2) is 5.93. The van der Waals surface area contributed by atoms with E-state index in [1.54, 1.807) is 12.1 Å². The van der Waals surface area contributed by atoms with Gasteiger partial charge in [-0.15, -0.1) is 0 Å². The summed E-state index contributed by atoms with van der Waals surface area (Å²) in [5.74, 6) is -0.761. The van der Waals surface area contributed by atoms with Gasteiger partial charge in [0.05, 0.1) is 23.8 Å². The van der Waals surface area contributed by atoms with Crippen molar-refractivity contribution in [1.29, 1.82) is 0 Å². The molecule has 7 heteroatoms. The number of para-hydroxylation sites is 1. The van der Waals surface area contributed by atoms with Crippen LogP contribution < -0.4 is 5.56 Å². The molecule has 0 spiro atoms. The average Bonchev–Trinajstić information content (AvgIpc) is 3.02. The van der Waals surface area contributed by atoms with E-state index in [0.29, 0.717) is 15.6 Å². The monoisotopic (exact) mass is 400 g/mol. The van der Waals surface area contributed by atoms with Crippen molar-refractivity contribution in [3.8, 4) is 0 Å². The van der Waals surface area contributed by atoms with Crippen LogP contribution in [0.2, 0.25) is 0 Å². The zero-order chi connectivity index (χ0) is 17.6. The molecule has 0 saturated heterocycles. The molecule has 5 nitrogen and oxygen atoms in total. The Kier molecular flexibility index (Phi) is 3.73. The molecule has 0 aliphatic rings. The van der Waals surface area contributed by atoms with Crippen molar-refractivity contribution in [2.24, 2.45) is 0 Å². The fraction of sp³-hybridized carbons (Fsp3) is 0.0556. The van der Waals surface area contributed by atoms with Crippen molar-refractivity contribution >= 4 is 43.6 Å². The molecule has 0 amide bonds. The van der Waals surface area contributed by atoms with Gasteiger partial charge in [-0.2, -0.15) is 0 Å². The van der Waals surface area contributed by atoms with Crippen LogP contribution in [0, 0.1) is 5.82 Å². The number of carbonyl (C=O) groups excluding carboxylic acids is 1. The Morgan fingerprint density at radius 3 is 2.84 bits per heavy atom. The van der Waals surface area contributed by atoms with E-state index in [9.17, 15) is 14.0 Å². The first-order valence-electron chi connectivity index (χ1n) is 7.39. The number of carbonyl (C=O) groups is 1. The van der Waals surface area contributed by atoms with Crippen LogP contribution in [0.5, 0.6) is 0 Å². The molecular weight excluding hydrogens is 391 g/mol. The predicted octanol–water partition coefficient (Wildman–Crippen LogP) is 3.93. The largest absolute Gasteiger partial charge is 0.453 e. The van der Waals surface area contributed by atoms with Crippen LogP contribution in [0.25, 0.3) is 21.9 Å². The second-order valence-electron chi connectivity index (χ2n) is 5.53. The summed E-state index contributed by atoms with van der Waals surface area (Å²) in [5, 5.41) is 0.910. The highest BCUT2D eigenvalue weighted by atomic mass is 79.9. The number of hydrogen-bond acceptors (Lipinski definition) is 4. The molecule has 0 saturated carbocycles. The maximum Gasteiger partial charge on any atom is 0.261 e. The van der Waals surface area contributed by atoms with Gasteiger partial charge >= 0.3 is 0 Å². The molecule has 25 heavy (non-hydrogen) atoms. The van der Waals surface area contributed by atoms with E-state index in [0.717, 1.165) is 16.0 Å². The SMILES string of the molecule is O=C(Cn1cnc2c(Br)cc(F)cc2c1=O)c1cc2ccccc2o1. The lowest BCUT2D eigenvalue weighted by Crippen LogP contribution is -2.24. The van der Waals surface area contributed by atoms with Crippen molar-refractivity contribution in [1.82, 2.24) is 9.55 Å². The predicted molar refractivity (Wildman–Crippen MR) is 94.2 cm³/mol. The fourth-order valence-electron chi connectivity index (χ4n) is 2.66. The summed E-state index contributed by atoms with van der Waals surface area (Å²) < 4.78 is 20.6. The Morgan fingerprint density at radius 2 is 2.04 bits per heavy atom. The van der Waals surface area contributed by atoms with E-state index >= 15 is 0 Å². The van der Waals surface area contributed by atoms with E-state index in [4.69, 9.17) is 4.42 Å². The minimum Gasteiger partial charge on any atom is -0.453 e. The minimum absolute atomic E-state index is 0.104. The molecule has 0 aliphatic carbocycles. The van der Waals surface area contributed by atoms with Crippen molar-refractivity contribution in [3.05, 3.63) is 75.2 Å². The summed E-state index contributed by atoms with van der Waals surface area (Å²) in [6.07, 6.45) is 1.27. The third kappa shape index (κ3) is 2.76. The van der Waals surface area contributed by atoms with Gasteiger partial charge in [0.2, 0.25) is 5.78 Å². The normalized spacial score (nSPS) is 11.3. The van der Waals surface area contributed by atoms with Crippen LogP contribution in [-0.2, 0) is 6.54 Å². The summed E-state index contributed by atoms with van der Waals surface area (Å²) in [6.45, 7) is -0.240. The van der Waals surface area contributed by atoms with Crippen molar-refractivity contribution in [3.63, 3.8) is 0 Å². The zero-order valence-corrected chi connectivity index (χ0v) is 14.3. The van der Waals surface area contributed by atoms with Gasteiger partial charge in [0, 0.05) is 9.86 Å². The van der Waals surface area contributed by atoms with Crippen LogP contribution in [0.4, 0.5) is 4.39 Å². The molecule has 0 radical (unpaired) electrons. The van der Waals surface area contributed by atoms with Crippen LogP contribution in [0.3, 0.4) is 0 Å². The molecule has 0 bridgehead atoms. The molecule has 0 aliphatic heterocycles. The lowest BCUT2D eigenvalue weighted by Gasteiger charge is -2.06. The Labute approximate surface area is 148 Å². The van der Waals surface area contributed by atoms with E-state index in [2.05, 4.69) is 20.9 Å². The summed E-state index contributed by atoms with van der Waals surface area (Å²) in [5.41, 5.74) is 0.453. The summed E-state index contributed by atoms with van der Waals surface area (Å²) in [6, 6.07) is 11.2. The van der Waals surface area contributed by atoms with Gasteiger partial charge in [0.15, 0.2) is 5.76 Å². The quantitative estimate of drug-likeness (QED) is 0.488. The zero-order valence-electron chi connectivity index (χ0n) is 12.7. The number of hydrogen-bond donors (Lipinski definition) is 0. The number of ketones is 1. The number of fused-ring (bicyclic) bond motifs is 2. The second-order valence-corrected chi connectivity index (χ2v) is 6.39. The third-order valence-corrected chi connectivity index (χ3v) is 4.46. The molecule has 2 aromatic carbocycles. The smallest absolute Gasteiger partial charge is 0.261 e. The highest BCUT2D eigenvalue weighted by molar-refractivity contribution is 9.10. The van der Waals surface area contributed by atoms with E-state index in [1.807, 2.05) is 18.2 Å². The minimum atomic E-state index is -0.556. The highest BCUT2D eigenvalue weighted by Gasteiger charge is 2.15. The lowest BCUT2D eigenvalue weighted by molar-refractivity contribution is 0.0945. The van der Waals surface area contributed by atoms with Gasteiger partial charge in [-0.1, -0.05) is 18.2 Å². The fourth-order valence-corrected chi connectivity index (χ4v) is 3.19. The number of benzene rings is 2. The van der Waals surface area contributed by atoms with Gasteiger partial charge < -0.3 is 4.42 Å². The van der Waals surface area contributed by atoms with E-state index < -0.39 is 11.4 Å². The van der Waals surface area contributed by atoms with Gasteiger partial charge in [-0.05, 0) is 40.2 Å². The maximum absolute atomic E-state index is 13.6. The van der Waals surface area contributed by atoms with Crippen LogP contribution >= 0.6 is 15.9 Å². The molecule has 0 N–H and O–H groups in total. The Bertz CT molecular complexity index is 1160. The molecule has 2 heterocycles. The average molecular weight is 401 g/mol. The number of Topliss-reactive ketones (excluding diaryl/α,β-unsaturated/α-hetero) is 1. The molecule has 124 valence electrons. The van der Waals surface area contributed by atoms with Crippen LogP contribution in [0.1, 0.15) is 10.6 Å². The molecule has 4 aromatic rings. The molecule has 0 atom stereocenters. The summed E-state index contributed by atoms with van der Waals surface area (Å²) >= 11 is 3.18. The maximum atomic E-state index is 13.6. The summed E-state index contributed by atoms with van der Waals surface area (Å²) in [7, 11) is 0. The first-order chi connectivity index (χ1) is 12.0. The first-order valence-corrected chi connectivity index (χ1v) is 8.18.